The van der Waals surface area contributed by atoms with Gasteiger partial charge in [-0.25, -0.2) is 4.57 Å². The minimum absolute atomic E-state index is 0. The Morgan fingerprint density at radius 3 is 1.42 bits per heavy atom. The zero-order chi connectivity index (χ0) is 7.71. The third-order valence-corrected chi connectivity index (χ3v) is 1.86. The largest absolute Gasteiger partial charge is 2.00 e. The molecule has 2 N–H and O–H groups in total. The van der Waals surface area contributed by atoms with Gasteiger partial charge in [0, 0.05) is 0 Å². The van der Waals surface area contributed by atoms with Crippen molar-refractivity contribution in [2.24, 2.45) is 0 Å². The molecule has 12 heteroatoms. The minimum atomic E-state index is -5.55. The zero-order valence-corrected chi connectivity index (χ0v) is 13.5. The first-order valence-corrected chi connectivity index (χ1v) is 4.49. The maximum atomic E-state index is 9.55. The number of rotatable bonds is 2. The fourth-order valence-corrected chi connectivity index (χ4v) is 1.17. The van der Waals surface area contributed by atoms with E-state index >= 15 is 0 Å². The first-order chi connectivity index (χ1) is 3.71. The van der Waals surface area contributed by atoms with Crippen LogP contribution in [0.5, 0.6) is 0 Å². The molecule has 7 nitrogen and oxygen atoms in total. The molecule has 12 heavy (non-hydrogen) atoms. The van der Waals surface area contributed by atoms with Gasteiger partial charge in [0.2, 0.25) is 0 Å². The van der Waals surface area contributed by atoms with Crippen LogP contribution in [0.25, 0.3) is 0 Å². The molecule has 0 amide bonds. The molecule has 0 heterocycles. The Bertz CT molecular complexity index is 162. The first-order valence-electron chi connectivity index (χ1n) is 1.50. The van der Waals surface area contributed by atoms with Gasteiger partial charge in [0.1, 0.15) is 0 Å². The van der Waals surface area contributed by atoms with Crippen molar-refractivity contribution in [3.05, 3.63) is 0 Å². The van der Waals surface area contributed by atoms with Gasteiger partial charge in [-0.3, -0.25) is 4.31 Å². The van der Waals surface area contributed by atoms with E-state index in [-0.39, 0.29) is 92.4 Å². The normalized spacial score (nSPS) is 10.3. The molecule has 0 rings (SSSR count). The molecule has 73 valence electrons. The van der Waals surface area contributed by atoms with Crippen LogP contribution in [-0.4, -0.2) is 9.79 Å². The SMILES string of the molecule is O=P([O-])([O-])OP(=O)(O)O.[Cu+2].[I-].[K+]. The maximum Gasteiger partial charge on any atom is 2.00 e. The summed E-state index contributed by atoms with van der Waals surface area (Å²) < 4.78 is 21.7. The van der Waals surface area contributed by atoms with Crippen LogP contribution in [-0.2, 0) is 30.5 Å². The van der Waals surface area contributed by atoms with Gasteiger partial charge in [-0.1, -0.05) is 0 Å². The Morgan fingerprint density at radius 2 is 1.42 bits per heavy atom. The Labute approximate surface area is 138 Å². The van der Waals surface area contributed by atoms with E-state index in [1.165, 1.54) is 0 Å². The van der Waals surface area contributed by atoms with E-state index < -0.39 is 15.6 Å². The van der Waals surface area contributed by atoms with Crippen molar-refractivity contribution >= 4 is 15.6 Å². The van der Waals surface area contributed by atoms with Gasteiger partial charge in [0.15, 0.2) is 0 Å². The Balaban J connectivity index is -0.000000107. The molecule has 0 aromatic heterocycles. The molecule has 0 bridgehead atoms. The van der Waals surface area contributed by atoms with Crippen molar-refractivity contribution in [2.45, 2.75) is 0 Å². The molecule has 0 aliphatic rings. The summed E-state index contributed by atoms with van der Waals surface area (Å²) in [6.45, 7) is 0. The molecule has 0 saturated carbocycles. The Hall–Kier alpha value is 3.15. The molecule has 0 aromatic carbocycles. The van der Waals surface area contributed by atoms with Gasteiger partial charge in [0.25, 0.3) is 0 Å². The van der Waals surface area contributed by atoms with Crippen LogP contribution in [0.1, 0.15) is 0 Å². The second kappa shape index (κ2) is 9.38. The van der Waals surface area contributed by atoms with Gasteiger partial charge in [-0.2, -0.15) is 0 Å². The van der Waals surface area contributed by atoms with E-state index in [4.69, 9.17) is 9.79 Å². The van der Waals surface area contributed by atoms with Gasteiger partial charge >= 0.3 is 76.3 Å². The van der Waals surface area contributed by atoms with E-state index in [1.54, 1.807) is 0 Å². The summed E-state index contributed by atoms with van der Waals surface area (Å²) >= 11 is 0. The quantitative estimate of drug-likeness (QED) is 0.265. The molecular weight excluding hydrogens is 403 g/mol. The van der Waals surface area contributed by atoms with Gasteiger partial charge < -0.3 is 48.1 Å². The van der Waals surface area contributed by atoms with Crippen molar-refractivity contribution in [1.82, 2.24) is 0 Å². The van der Waals surface area contributed by atoms with Crippen molar-refractivity contribution in [1.29, 1.82) is 0 Å². The molecule has 0 atom stereocenters. The molecule has 0 saturated heterocycles. The van der Waals surface area contributed by atoms with Crippen LogP contribution in [0.2, 0.25) is 0 Å². The third kappa shape index (κ3) is 23.2. The van der Waals surface area contributed by atoms with Crippen LogP contribution in [0.15, 0.2) is 0 Å². The average Bonchev–Trinajstić information content (AvgIpc) is 1.14. The summed E-state index contributed by atoms with van der Waals surface area (Å²) in [5.41, 5.74) is 0. The minimum Gasteiger partial charge on any atom is -1.00 e. The summed E-state index contributed by atoms with van der Waals surface area (Å²) in [6, 6.07) is 0. The molecule has 1 radical (unpaired) electrons. The fourth-order valence-electron chi connectivity index (χ4n) is 0.130. The second-order valence-electron chi connectivity index (χ2n) is 1.02. The molecule has 0 aromatic rings. The standard InChI is InChI=1S/Cu.HI.K.H4O7P2/c;;;1-8(2,3)7-9(4,5)6/h;1H;;(H2,1,2,3)(H2,4,5,6)/q+2;;+1;/p-3. The molecule has 0 unspecified atom stereocenters. The van der Waals surface area contributed by atoms with Gasteiger partial charge in [0.05, 0.1) is 7.82 Å². The van der Waals surface area contributed by atoms with Gasteiger partial charge in [-0.15, -0.1) is 0 Å². The second-order valence-corrected chi connectivity index (χ2v) is 3.55. The molecule has 0 aliphatic heterocycles. The number of halogens is 1. The predicted molar refractivity (Wildman–Crippen MR) is 20.7 cm³/mol. The van der Waals surface area contributed by atoms with Gasteiger partial charge in [-0.05, 0) is 0 Å². The summed E-state index contributed by atoms with van der Waals surface area (Å²) in [6.07, 6.45) is 0. The Kier molecular flexibility index (Phi) is 19.1. The molecular formula is H2CuIKO7P2. The van der Waals surface area contributed by atoms with Crippen LogP contribution >= 0.6 is 15.6 Å². The van der Waals surface area contributed by atoms with E-state index in [2.05, 4.69) is 4.31 Å². The summed E-state index contributed by atoms with van der Waals surface area (Å²) in [4.78, 5) is 34.1. The average molecular weight is 406 g/mol. The topological polar surface area (TPSA) is 130 Å². The third-order valence-electron chi connectivity index (χ3n) is 0.206. The van der Waals surface area contributed by atoms with Crippen LogP contribution in [0.3, 0.4) is 0 Å². The van der Waals surface area contributed by atoms with Crippen LogP contribution < -0.4 is 85.1 Å². The maximum absolute atomic E-state index is 9.55. The van der Waals surface area contributed by atoms with Crippen molar-refractivity contribution < 1.29 is 125 Å². The molecule has 0 spiro atoms. The zero-order valence-electron chi connectivity index (χ0n) is 5.51. The fraction of sp³-hybridized carbons (Fsp3) is 0. The predicted octanol–water partition coefficient (Wildman–Crippen LogP) is -8.07. The van der Waals surface area contributed by atoms with Crippen LogP contribution in [0.4, 0.5) is 0 Å². The first kappa shape index (κ1) is 24.4. The monoisotopic (exact) mass is 405 g/mol. The van der Waals surface area contributed by atoms with E-state index in [1.807, 2.05) is 0 Å². The van der Waals surface area contributed by atoms with E-state index in [0.717, 1.165) is 0 Å². The van der Waals surface area contributed by atoms with Crippen molar-refractivity contribution in [3.8, 4) is 0 Å². The molecule has 0 aliphatic carbocycles. The van der Waals surface area contributed by atoms with Crippen molar-refractivity contribution in [3.63, 3.8) is 0 Å². The summed E-state index contributed by atoms with van der Waals surface area (Å²) in [5, 5.41) is 0. The van der Waals surface area contributed by atoms with Crippen LogP contribution in [0, 0.1) is 0 Å². The number of hydrogen-bond donors (Lipinski definition) is 2. The number of phosphoric acid groups is 2. The Morgan fingerprint density at radius 1 is 1.17 bits per heavy atom. The van der Waals surface area contributed by atoms with Crippen molar-refractivity contribution in [2.75, 3.05) is 0 Å². The molecule has 0 fully saturated rings. The van der Waals surface area contributed by atoms with E-state index in [0.29, 0.717) is 0 Å². The number of hydrogen-bond acceptors (Lipinski definition) is 5. The van der Waals surface area contributed by atoms with E-state index in [9.17, 15) is 18.9 Å². The smallest absolute Gasteiger partial charge is 1.00 e. The summed E-state index contributed by atoms with van der Waals surface area (Å²) in [7, 11) is -10.7. The summed E-state index contributed by atoms with van der Waals surface area (Å²) in [5.74, 6) is 0.